The predicted molar refractivity (Wildman–Crippen MR) is 102 cm³/mol. The molecule has 0 bridgehead atoms. The molecule has 0 atom stereocenters. The van der Waals surface area contributed by atoms with Gasteiger partial charge in [-0.05, 0) is 42.5 Å². The Morgan fingerprint density at radius 1 is 1.04 bits per heavy atom. The molecule has 0 fully saturated rings. The molecule has 3 rings (SSSR count). The van der Waals surface area contributed by atoms with Gasteiger partial charge in [-0.1, -0.05) is 6.07 Å². The van der Waals surface area contributed by atoms with Crippen LogP contribution >= 0.6 is 0 Å². The molecule has 0 radical (unpaired) electrons. The number of hydrogen-bond donors (Lipinski definition) is 2. The summed E-state index contributed by atoms with van der Waals surface area (Å²) in [6.07, 6.45) is 1.26. The Kier molecular flexibility index (Phi) is 5.58. The molecule has 3 aromatic rings. The van der Waals surface area contributed by atoms with E-state index in [9.17, 15) is 9.59 Å². The minimum Gasteiger partial charge on any atom is -0.465 e. The van der Waals surface area contributed by atoms with E-state index in [1.54, 1.807) is 48.5 Å². The van der Waals surface area contributed by atoms with Crippen LogP contribution in [0.2, 0.25) is 0 Å². The number of methoxy groups -OCH3 is 1. The number of benzene rings is 2. The zero-order valence-electron chi connectivity index (χ0n) is 14.8. The smallest absolute Gasteiger partial charge is 0.337 e. The minimum atomic E-state index is -0.450. The zero-order valence-corrected chi connectivity index (χ0v) is 14.8. The fourth-order valence-corrected chi connectivity index (χ4v) is 2.36. The van der Waals surface area contributed by atoms with Crippen molar-refractivity contribution in [2.75, 3.05) is 17.7 Å². The van der Waals surface area contributed by atoms with E-state index in [0.29, 0.717) is 28.3 Å². The van der Waals surface area contributed by atoms with Gasteiger partial charge in [0, 0.05) is 17.4 Å². The molecule has 2 aromatic carbocycles. The van der Waals surface area contributed by atoms with Gasteiger partial charge in [0.25, 0.3) is 5.91 Å². The lowest BCUT2D eigenvalue weighted by molar-refractivity contribution is 0.0600. The number of ether oxygens (including phenoxy) is 1. The van der Waals surface area contributed by atoms with E-state index in [4.69, 9.17) is 10.00 Å². The van der Waals surface area contributed by atoms with E-state index in [1.165, 1.54) is 19.5 Å². The first-order chi connectivity index (χ1) is 13.6. The van der Waals surface area contributed by atoms with Crippen molar-refractivity contribution in [1.82, 2.24) is 9.97 Å². The van der Waals surface area contributed by atoms with Gasteiger partial charge in [-0.2, -0.15) is 5.26 Å². The highest BCUT2D eigenvalue weighted by Crippen LogP contribution is 2.17. The van der Waals surface area contributed by atoms with Crippen molar-refractivity contribution in [3.63, 3.8) is 0 Å². The number of amides is 1. The Balaban J connectivity index is 1.74. The number of anilines is 3. The number of nitriles is 1. The molecule has 28 heavy (non-hydrogen) atoms. The third-order valence-corrected chi connectivity index (χ3v) is 3.73. The van der Waals surface area contributed by atoms with Crippen LogP contribution in [0.5, 0.6) is 0 Å². The molecule has 1 aromatic heterocycles. The molecule has 0 aliphatic carbocycles. The molecule has 1 amide bonds. The maximum absolute atomic E-state index is 12.4. The summed E-state index contributed by atoms with van der Waals surface area (Å²) in [4.78, 5) is 32.1. The molecule has 138 valence electrons. The molecular weight excluding hydrogens is 358 g/mol. The Labute approximate surface area is 160 Å². The van der Waals surface area contributed by atoms with Crippen LogP contribution in [-0.4, -0.2) is 29.0 Å². The maximum Gasteiger partial charge on any atom is 0.337 e. The molecule has 0 saturated carbocycles. The van der Waals surface area contributed by atoms with Gasteiger partial charge in [0.1, 0.15) is 17.8 Å². The highest BCUT2D eigenvalue weighted by atomic mass is 16.5. The largest absolute Gasteiger partial charge is 0.465 e. The normalized spacial score (nSPS) is 9.86. The second-order valence-electron chi connectivity index (χ2n) is 5.63. The fraction of sp³-hybridized carbons (Fsp3) is 0.0500. The van der Waals surface area contributed by atoms with E-state index in [-0.39, 0.29) is 5.69 Å². The van der Waals surface area contributed by atoms with Gasteiger partial charge in [-0.15, -0.1) is 0 Å². The van der Waals surface area contributed by atoms with Crippen molar-refractivity contribution in [3.8, 4) is 6.07 Å². The lowest BCUT2D eigenvalue weighted by Gasteiger charge is -2.09. The first kappa shape index (κ1) is 18.5. The molecule has 0 unspecified atom stereocenters. The number of hydrogen-bond acceptors (Lipinski definition) is 7. The van der Waals surface area contributed by atoms with Crippen LogP contribution in [0.25, 0.3) is 0 Å². The van der Waals surface area contributed by atoms with Gasteiger partial charge >= 0.3 is 5.97 Å². The Bertz CT molecular complexity index is 1060. The molecular formula is C20H15N5O3. The van der Waals surface area contributed by atoms with Crippen molar-refractivity contribution in [1.29, 1.82) is 5.26 Å². The highest BCUT2D eigenvalue weighted by molar-refractivity contribution is 6.03. The van der Waals surface area contributed by atoms with Crippen LogP contribution in [0.3, 0.4) is 0 Å². The average molecular weight is 373 g/mol. The quantitative estimate of drug-likeness (QED) is 0.660. The number of aromatic nitrogens is 2. The molecule has 8 heteroatoms. The van der Waals surface area contributed by atoms with E-state index in [1.807, 2.05) is 6.07 Å². The second kappa shape index (κ2) is 8.42. The van der Waals surface area contributed by atoms with E-state index >= 15 is 0 Å². The highest BCUT2D eigenvalue weighted by Gasteiger charge is 2.11. The van der Waals surface area contributed by atoms with E-state index in [0.717, 1.165) is 0 Å². The molecule has 0 aliphatic rings. The summed E-state index contributed by atoms with van der Waals surface area (Å²) < 4.78 is 4.70. The Morgan fingerprint density at radius 3 is 2.54 bits per heavy atom. The van der Waals surface area contributed by atoms with E-state index in [2.05, 4.69) is 20.6 Å². The molecule has 8 nitrogen and oxygen atoms in total. The third-order valence-electron chi connectivity index (χ3n) is 3.73. The van der Waals surface area contributed by atoms with Crippen LogP contribution in [0.1, 0.15) is 26.4 Å². The first-order valence-corrected chi connectivity index (χ1v) is 8.18. The van der Waals surface area contributed by atoms with Crippen LogP contribution in [0.4, 0.5) is 17.2 Å². The summed E-state index contributed by atoms with van der Waals surface area (Å²) in [5, 5.41) is 14.5. The van der Waals surface area contributed by atoms with Crippen LogP contribution in [-0.2, 0) is 4.74 Å². The molecule has 0 spiro atoms. The summed E-state index contributed by atoms with van der Waals surface area (Å²) >= 11 is 0. The van der Waals surface area contributed by atoms with Gasteiger partial charge in [-0.25, -0.2) is 14.8 Å². The number of carbonyl (C=O) groups excluding carboxylic acids is 2. The summed E-state index contributed by atoms with van der Waals surface area (Å²) in [5.41, 5.74) is 2.20. The lowest BCUT2D eigenvalue weighted by Crippen LogP contribution is -2.14. The molecule has 1 heterocycles. The predicted octanol–water partition coefficient (Wildman–Crippen LogP) is 3.13. The zero-order chi connectivity index (χ0) is 19.9. The first-order valence-electron chi connectivity index (χ1n) is 8.18. The number of esters is 1. The number of nitrogens with zero attached hydrogens (tertiary/aromatic N) is 3. The SMILES string of the molecule is COC(=O)c1cccc(Nc2cc(C(=O)Nc3ccc(C#N)cc3)ncn2)c1. The number of nitrogens with one attached hydrogen (secondary N) is 2. The topological polar surface area (TPSA) is 117 Å². The van der Waals surface area contributed by atoms with Crippen molar-refractivity contribution in [3.05, 3.63) is 77.7 Å². The van der Waals surface area contributed by atoms with Gasteiger partial charge in [0.05, 0.1) is 24.3 Å². The van der Waals surface area contributed by atoms with Crippen LogP contribution < -0.4 is 10.6 Å². The van der Waals surface area contributed by atoms with Gasteiger partial charge in [-0.3, -0.25) is 4.79 Å². The van der Waals surface area contributed by atoms with Crippen LogP contribution in [0.15, 0.2) is 60.9 Å². The molecule has 0 saturated heterocycles. The lowest BCUT2D eigenvalue weighted by atomic mass is 10.2. The summed E-state index contributed by atoms with van der Waals surface area (Å²) in [6, 6.07) is 16.7. The second-order valence-corrected chi connectivity index (χ2v) is 5.63. The number of rotatable bonds is 5. The van der Waals surface area contributed by atoms with Gasteiger partial charge < -0.3 is 15.4 Å². The van der Waals surface area contributed by atoms with Crippen molar-refractivity contribution in [2.45, 2.75) is 0 Å². The van der Waals surface area contributed by atoms with E-state index < -0.39 is 11.9 Å². The minimum absolute atomic E-state index is 0.158. The van der Waals surface area contributed by atoms with Crippen molar-refractivity contribution >= 4 is 29.1 Å². The summed E-state index contributed by atoms with van der Waals surface area (Å²) in [6.45, 7) is 0. The maximum atomic E-state index is 12.4. The van der Waals surface area contributed by atoms with Crippen molar-refractivity contribution in [2.24, 2.45) is 0 Å². The summed E-state index contributed by atoms with van der Waals surface area (Å²) in [7, 11) is 1.31. The number of carbonyl (C=O) groups is 2. The molecule has 0 aliphatic heterocycles. The standard InChI is InChI=1S/C20H15N5O3/c1-28-20(27)14-3-2-4-16(9-14)24-18-10-17(22-12-23-18)19(26)25-15-7-5-13(11-21)6-8-15/h2-10,12H,1H3,(H,25,26)(H,22,23,24). The van der Waals surface area contributed by atoms with Gasteiger partial charge in [0.2, 0.25) is 0 Å². The third kappa shape index (κ3) is 4.47. The Hall–Kier alpha value is -4.25. The fourth-order valence-electron chi connectivity index (χ4n) is 2.36. The van der Waals surface area contributed by atoms with Crippen molar-refractivity contribution < 1.29 is 14.3 Å². The average Bonchev–Trinajstić information content (AvgIpc) is 2.74. The summed E-state index contributed by atoms with van der Waals surface area (Å²) in [5.74, 6) is -0.478. The Morgan fingerprint density at radius 2 is 1.82 bits per heavy atom. The monoisotopic (exact) mass is 373 g/mol. The van der Waals surface area contributed by atoms with Crippen LogP contribution in [0, 0.1) is 11.3 Å². The molecule has 2 N–H and O–H groups in total. The van der Waals surface area contributed by atoms with Gasteiger partial charge in [0.15, 0.2) is 0 Å².